The number of carboxylic acids is 1. The molecule has 0 fully saturated rings. The number of carbonyl (C=O) groups is 1. The maximum Gasteiger partial charge on any atom is 0.336 e. The number of hydrazone groups is 1. The van der Waals surface area contributed by atoms with Crippen LogP contribution in [0.3, 0.4) is 0 Å². The van der Waals surface area contributed by atoms with Crippen LogP contribution >= 0.6 is 23.2 Å². The van der Waals surface area contributed by atoms with Crippen molar-refractivity contribution in [1.82, 2.24) is 0 Å². The van der Waals surface area contributed by atoms with Crippen molar-refractivity contribution in [2.75, 3.05) is 5.43 Å². The molecule has 2 aromatic carbocycles. The summed E-state index contributed by atoms with van der Waals surface area (Å²) in [7, 11) is 0. The number of rotatable bonds is 4. The van der Waals surface area contributed by atoms with Gasteiger partial charge in [0.1, 0.15) is 0 Å². The Hall–Kier alpha value is -2.04. The summed E-state index contributed by atoms with van der Waals surface area (Å²) in [6, 6.07) is 11.5. The standard InChI is InChI=1S/C14H10Cl2N2O2/c15-10-5-11(16)7-12(6-10)18-17-8-9-3-1-2-4-13(9)14(19)20/h1-8,18H,(H,19,20)/b17-8+. The van der Waals surface area contributed by atoms with Gasteiger partial charge in [-0.2, -0.15) is 5.10 Å². The molecule has 0 saturated carbocycles. The number of nitrogens with zero attached hydrogens (tertiary/aromatic N) is 1. The smallest absolute Gasteiger partial charge is 0.336 e. The fourth-order valence-corrected chi connectivity index (χ4v) is 2.13. The lowest BCUT2D eigenvalue weighted by molar-refractivity contribution is 0.0697. The number of halogens is 2. The predicted molar refractivity (Wildman–Crippen MR) is 81.1 cm³/mol. The Morgan fingerprint density at radius 3 is 2.45 bits per heavy atom. The molecule has 6 heteroatoms. The molecule has 0 amide bonds. The van der Waals surface area contributed by atoms with Gasteiger partial charge in [0.15, 0.2) is 0 Å². The Morgan fingerprint density at radius 1 is 1.15 bits per heavy atom. The summed E-state index contributed by atoms with van der Waals surface area (Å²) in [6.07, 6.45) is 1.43. The van der Waals surface area contributed by atoms with Crippen LogP contribution in [0.4, 0.5) is 5.69 Å². The van der Waals surface area contributed by atoms with Crippen molar-refractivity contribution in [3.05, 3.63) is 63.6 Å². The average molecular weight is 309 g/mol. The van der Waals surface area contributed by atoms with Gasteiger partial charge >= 0.3 is 5.97 Å². The van der Waals surface area contributed by atoms with E-state index in [0.717, 1.165) is 0 Å². The minimum atomic E-state index is -1.00. The van der Waals surface area contributed by atoms with Crippen LogP contribution in [0.2, 0.25) is 10.0 Å². The lowest BCUT2D eigenvalue weighted by Crippen LogP contribution is -2.02. The zero-order valence-electron chi connectivity index (χ0n) is 10.2. The van der Waals surface area contributed by atoms with Crippen LogP contribution < -0.4 is 5.43 Å². The van der Waals surface area contributed by atoms with Gasteiger partial charge in [0.2, 0.25) is 0 Å². The Morgan fingerprint density at radius 2 is 1.80 bits per heavy atom. The van der Waals surface area contributed by atoms with Crippen molar-refractivity contribution in [3.63, 3.8) is 0 Å². The molecule has 0 bridgehead atoms. The first-order chi connectivity index (χ1) is 9.56. The molecule has 0 radical (unpaired) electrons. The van der Waals surface area contributed by atoms with Gasteiger partial charge in [-0.15, -0.1) is 0 Å². The maximum atomic E-state index is 11.0. The molecule has 102 valence electrons. The molecule has 0 aliphatic heterocycles. The fourth-order valence-electron chi connectivity index (χ4n) is 1.60. The molecule has 2 rings (SSSR count). The van der Waals surface area contributed by atoms with Crippen LogP contribution in [0.25, 0.3) is 0 Å². The summed E-state index contributed by atoms with van der Waals surface area (Å²) in [6.45, 7) is 0. The fraction of sp³-hybridized carbons (Fsp3) is 0. The third-order valence-corrected chi connectivity index (χ3v) is 2.89. The molecule has 0 aromatic heterocycles. The lowest BCUT2D eigenvalue weighted by atomic mass is 10.1. The third-order valence-electron chi connectivity index (χ3n) is 2.45. The van der Waals surface area contributed by atoms with Gasteiger partial charge < -0.3 is 5.11 Å². The molecule has 2 N–H and O–H groups in total. The molecule has 0 saturated heterocycles. The van der Waals surface area contributed by atoms with Crippen molar-refractivity contribution in [3.8, 4) is 0 Å². The maximum absolute atomic E-state index is 11.0. The molecule has 0 unspecified atom stereocenters. The molecule has 2 aromatic rings. The number of nitrogens with one attached hydrogen (secondary N) is 1. The van der Waals surface area contributed by atoms with Gasteiger partial charge in [-0.25, -0.2) is 4.79 Å². The summed E-state index contributed by atoms with van der Waals surface area (Å²) >= 11 is 11.7. The summed E-state index contributed by atoms with van der Waals surface area (Å²) in [5, 5.41) is 14.0. The summed E-state index contributed by atoms with van der Waals surface area (Å²) in [5.41, 5.74) is 4.05. The molecular weight excluding hydrogens is 299 g/mol. The number of benzene rings is 2. The van der Waals surface area contributed by atoms with Gasteiger partial charge in [0.25, 0.3) is 0 Å². The second-order valence-corrected chi connectivity index (χ2v) is 4.79. The van der Waals surface area contributed by atoms with E-state index in [-0.39, 0.29) is 5.56 Å². The monoisotopic (exact) mass is 308 g/mol. The highest BCUT2D eigenvalue weighted by molar-refractivity contribution is 6.35. The van der Waals surface area contributed by atoms with E-state index in [1.807, 2.05) is 0 Å². The van der Waals surface area contributed by atoms with E-state index in [1.54, 1.807) is 36.4 Å². The van der Waals surface area contributed by atoms with Crippen LogP contribution in [0.1, 0.15) is 15.9 Å². The van der Waals surface area contributed by atoms with E-state index in [0.29, 0.717) is 21.3 Å². The Balaban J connectivity index is 2.16. The Kier molecular flexibility index (Phi) is 4.61. The SMILES string of the molecule is O=C(O)c1ccccc1/C=N/Nc1cc(Cl)cc(Cl)c1. The van der Waals surface area contributed by atoms with Crippen LogP contribution in [0, 0.1) is 0 Å². The Bertz CT molecular complexity index is 652. The Labute approximate surface area is 125 Å². The van der Waals surface area contributed by atoms with E-state index in [2.05, 4.69) is 10.5 Å². The van der Waals surface area contributed by atoms with E-state index < -0.39 is 5.97 Å². The normalized spacial score (nSPS) is 10.7. The average Bonchev–Trinajstić information content (AvgIpc) is 2.38. The van der Waals surface area contributed by atoms with Crippen molar-refractivity contribution in [2.45, 2.75) is 0 Å². The van der Waals surface area contributed by atoms with Crippen LogP contribution in [0.5, 0.6) is 0 Å². The zero-order chi connectivity index (χ0) is 14.5. The van der Waals surface area contributed by atoms with Crippen molar-refractivity contribution in [2.24, 2.45) is 5.10 Å². The van der Waals surface area contributed by atoms with Gasteiger partial charge in [-0.1, -0.05) is 41.4 Å². The molecule has 0 atom stereocenters. The van der Waals surface area contributed by atoms with E-state index >= 15 is 0 Å². The van der Waals surface area contributed by atoms with Gasteiger partial charge in [0, 0.05) is 15.6 Å². The number of hydrogen-bond donors (Lipinski definition) is 2. The van der Waals surface area contributed by atoms with Gasteiger partial charge in [0.05, 0.1) is 17.5 Å². The minimum absolute atomic E-state index is 0.183. The van der Waals surface area contributed by atoms with Crippen molar-refractivity contribution in [1.29, 1.82) is 0 Å². The molecule has 0 aliphatic rings. The first-order valence-electron chi connectivity index (χ1n) is 5.64. The predicted octanol–water partition coefficient (Wildman–Crippen LogP) is 4.14. The summed E-state index contributed by atoms with van der Waals surface area (Å²) < 4.78 is 0. The number of anilines is 1. The first kappa shape index (κ1) is 14.4. The van der Waals surface area contributed by atoms with Gasteiger partial charge in [-0.3, -0.25) is 5.43 Å². The van der Waals surface area contributed by atoms with Crippen LogP contribution in [-0.4, -0.2) is 17.3 Å². The van der Waals surface area contributed by atoms with Crippen molar-refractivity contribution >= 4 is 41.1 Å². The van der Waals surface area contributed by atoms with Crippen molar-refractivity contribution < 1.29 is 9.90 Å². The highest BCUT2D eigenvalue weighted by Gasteiger charge is 2.06. The molecule has 0 aliphatic carbocycles. The molecule has 0 heterocycles. The summed E-state index contributed by atoms with van der Waals surface area (Å²) in [5.74, 6) is -1.00. The molecule has 4 nitrogen and oxygen atoms in total. The highest BCUT2D eigenvalue weighted by Crippen LogP contribution is 2.22. The second-order valence-electron chi connectivity index (χ2n) is 3.92. The summed E-state index contributed by atoms with van der Waals surface area (Å²) in [4.78, 5) is 11.0. The highest BCUT2D eigenvalue weighted by atomic mass is 35.5. The number of hydrogen-bond acceptors (Lipinski definition) is 3. The number of carboxylic acid groups (broad SMARTS) is 1. The third kappa shape index (κ3) is 3.73. The molecule has 20 heavy (non-hydrogen) atoms. The topological polar surface area (TPSA) is 61.7 Å². The van der Waals surface area contributed by atoms with Crippen LogP contribution in [-0.2, 0) is 0 Å². The van der Waals surface area contributed by atoms with E-state index in [1.165, 1.54) is 12.3 Å². The molecular formula is C14H10Cl2N2O2. The second kappa shape index (κ2) is 6.41. The van der Waals surface area contributed by atoms with E-state index in [4.69, 9.17) is 28.3 Å². The quantitative estimate of drug-likeness (QED) is 0.659. The largest absolute Gasteiger partial charge is 0.478 e. The first-order valence-corrected chi connectivity index (χ1v) is 6.39. The van der Waals surface area contributed by atoms with Gasteiger partial charge in [-0.05, 0) is 24.3 Å². The lowest BCUT2D eigenvalue weighted by Gasteiger charge is -2.03. The number of aromatic carboxylic acids is 1. The minimum Gasteiger partial charge on any atom is -0.478 e. The zero-order valence-corrected chi connectivity index (χ0v) is 11.7. The van der Waals surface area contributed by atoms with Crippen LogP contribution in [0.15, 0.2) is 47.6 Å². The molecule has 0 spiro atoms. The van der Waals surface area contributed by atoms with E-state index in [9.17, 15) is 4.79 Å².